The predicted octanol–water partition coefficient (Wildman–Crippen LogP) is 3.72. The Morgan fingerprint density at radius 1 is 1.12 bits per heavy atom. The zero-order valence-electron chi connectivity index (χ0n) is 19.9. The maximum Gasteiger partial charge on any atom is 0.191 e. The summed E-state index contributed by atoms with van der Waals surface area (Å²) in [6.07, 6.45) is 5.01. The number of nitrogens with zero attached hydrogens (tertiary/aromatic N) is 3. The van der Waals surface area contributed by atoms with Gasteiger partial charge in [0.25, 0.3) is 0 Å². The molecule has 2 aliphatic rings. The second kappa shape index (κ2) is 12.9. The van der Waals surface area contributed by atoms with Crippen molar-refractivity contribution in [1.82, 2.24) is 15.5 Å². The monoisotopic (exact) mass is 561 g/mol. The molecule has 182 valence electrons. The van der Waals surface area contributed by atoms with Crippen molar-refractivity contribution < 1.29 is 9.50 Å². The number of aliphatic hydroxyl groups is 1. The first-order valence-corrected chi connectivity index (χ1v) is 11.9. The van der Waals surface area contributed by atoms with Crippen LogP contribution in [0.25, 0.3) is 0 Å². The van der Waals surface area contributed by atoms with Gasteiger partial charge in [0, 0.05) is 31.7 Å². The number of guanidine groups is 1. The molecule has 0 saturated carbocycles. The van der Waals surface area contributed by atoms with Crippen LogP contribution in [0.2, 0.25) is 0 Å². The number of halogens is 2. The highest BCUT2D eigenvalue weighted by molar-refractivity contribution is 14.0. The van der Waals surface area contributed by atoms with Crippen LogP contribution in [0.4, 0.5) is 10.1 Å². The number of anilines is 1. The van der Waals surface area contributed by atoms with E-state index < -0.39 is 0 Å². The van der Waals surface area contributed by atoms with Gasteiger partial charge in [0.1, 0.15) is 5.82 Å². The highest BCUT2D eigenvalue weighted by atomic mass is 127. The molecular formula is C24H41FIN5O. The minimum absolute atomic E-state index is 0. The number of nitrogens with one attached hydrogen (secondary N) is 2. The van der Waals surface area contributed by atoms with Crippen molar-refractivity contribution in [2.75, 3.05) is 44.2 Å². The van der Waals surface area contributed by atoms with Gasteiger partial charge < -0.3 is 20.6 Å². The van der Waals surface area contributed by atoms with Crippen molar-refractivity contribution in [1.29, 1.82) is 0 Å². The van der Waals surface area contributed by atoms with E-state index in [1.807, 2.05) is 17.0 Å². The molecule has 0 radical (unpaired) electrons. The zero-order chi connectivity index (χ0) is 22.3. The molecule has 8 heteroatoms. The predicted molar refractivity (Wildman–Crippen MR) is 142 cm³/mol. The minimum atomic E-state index is -0.259. The van der Waals surface area contributed by atoms with E-state index in [2.05, 4.69) is 41.3 Å². The van der Waals surface area contributed by atoms with Crippen LogP contribution < -0.4 is 15.5 Å². The summed E-state index contributed by atoms with van der Waals surface area (Å²) in [5.74, 6) is 0.551. The van der Waals surface area contributed by atoms with Gasteiger partial charge in [-0.3, -0.25) is 4.90 Å². The average Bonchev–Trinajstić information content (AvgIpc) is 2.77. The highest BCUT2D eigenvalue weighted by Gasteiger charge is 2.28. The SMILES string of the molecule is CCNC(=NCc1ccc(N2CCC(O)CC2)c(F)c1)NCC(C)(C)N1CCCCC1.I. The molecule has 0 bridgehead atoms. The molecule has 2 saturated heterocycles. The fourth-order valence-corrected chi connectivity index (χ4v) is 4.44. The Balaban J connectivity index is 0.00000363. The van der Waals surface area contributed by atoms with Crippen molar-refractivity contribution in [3.05, 3.63) is 29.6 Å². The molecule has 2 fully saturated rings. The summed E-state index contributed by atoms with van der Waals surface area (Å²) < 4.78 is 14.7. The van der Waals surface area contributed by atoms with Crippen molar-refractivity contribution in [2.45, 2.75) is 71.1 Å². The summed E-state index contributed by atoms with van der Waals surface area (Å²) in [7, 11) is 0. The molecule has 0 amide bonds. The second-order valence-electron chi connectivity index (χ2n) is 9.41. The largest absolute Gasteiger partial charge is 0.393 e. The van der Waals surface area contributed by atoms with Gasteiger partial charge >= 0.3 is 0 Å². The Labute approximate surface area is 210 Å². The van der Waals surface area contributed by atoms with Gasteiger partial charge in [-0.2, -0.15) is 0 Å². The zero-order valence-corrected chi connectivity index (χ0v) is 22.2. The van der Waals surface area contributed by atoms with E-state index in [0.717, 1.165) is 37.7 Å². The molecule has 0 unspecified atom stereocenters. The summed E-state index contributed by atoms with van der Waals surface area (Å²) in [4.78, 5) is 9.26. The van der Waals surface area contributed by atoms with Gasteiger partial charge in [-0.15, -0.1) is 24.0 Å². The molecule has 0 atom stereocenters. The lowest BCUT2D eigenvalue weighted by atomic mass is 9.98. The normalized spacial score (nSPS) is 18.9. The van der Waals surface area contributed by atoms with Crippen LogP contribution in [0.15, 0.2) is 23.2 Å². The lowest BCUT2D eigenvalue weighted by molar-refractivity contribution is 0.0982. The molecule has 2 heterocycles. The lowest BCUT2D eigenvalue weighted by Crippen LogP contribution is -2.54. The topological polar surface area (TPSA) is 63.1 Å². The van der Waals surface area contributed by atoms with Crippen molar-refractivity contribution in [3.63, 3.8) is 0 Å². The number of benzene rings is 1. The van der Waals surface area contributed by atoms with Crippen LogP contribution in [0, 0.1) is 5.82 Å². The van der Waals surface area contributed by atoms with E-state index in [1.54, 1.807) is 6.07 Å². The Bertz CT molecular complexity index is 731. The number of hydrogen-bond acceptors (Lipinski definition) is 4. The molecule has 0 aromatic heterocycles. The quantitative estimate of drug-likeness (QED) is 0.269. The molecular weight excluding hydrogens is 520 g/mol. The molecule has 3 rings (SSSR count). The molecule has 2 aliphatic heterocycles. The van der Waals surface area contributed by atoms with Crippen molar-refractivity contribution in [2.24, 2.45) is 4.99 Å². The first-order valence-electron chi connectivity index (χ1n) is 11.9. The molecule has 1 aromatic carbocycles. The van der Waals surface area contributed by atoms with Crippen LogP contribution in [0.1, 0.15) is 58.4 Å². The smallest absolute Gasteiger partial charge is 0.191 e. The maximum absolute atomic E-state index is 14.7. The number of aliphatic imine (C=N–C) groups is 1. The first kappa shape index (κ1) is 27.1. The maximum atomic E-state index is 14.7. The molecule has 0 spiro atoms. The lowest BCUT2D eigenvalue weighted by Gasteiger charge is -2.41. The highest BCUT2D eigenvalue weighted by Crippen LogP contribution is 2.24. The minimum Gasteiger partial charge on any atom is -0.393 e. The third-order valence-corrected chi connectivity index (χ3v) is 6.48. The van der Waals surface area contributed by atoms with Crippen molar-refractivity contribution >= 4 is 35.6 Å². The van der Waals surface area contributed by atoms with E-state index in [1.165, 1.54) is 19.3 Å². The number of rotatable bonds is 7. The van der Waals surface area contributed by atoms with E-state index in [0.29, 0.717) is 38.2 Å². The number of hydrogen-bond donors (Lipinski definition) is 3. The van der Waals surface area contributed by atoms with E-state index in [4.69, 9.17) is 0 Å². The standard InChI is InChI=1S/C24H40FN5O.HI/c1-4-26-23(28-18-24(2,3)30-12-6-5-7-13-30)27-17-19-8-9-22(21(25)16-19)29-14-10-20(31)11-15-29;/h8-9,16,20,31H,4-7,10-15,17-18H2,1-3H3,(H2,26,27,28);1H. The van der Waals surface area contributed by atoms with E-state index in [9.17, 15) is 9.50 Å². The Hall–Kier alpha value is -1.13. The Morgan fingerprint density at radius 3 is 2.44 bits per heavy atom. The third kappa shape index (κ3) is 7.73. The van der Waals surface area contributed by atoms with Crippen LogP contribution >= 0.6 is 24.0 Å². The van der Waals surface area contributed by atoms with Gasteiger partial charge in [0.2, 0.25) is 0 Å². The second-order valence-corrected chi connectivity index (χ2v) is 9.41. The third-order valence-electron chi connectivity index (χ3n) is 6.48. The van der Waals surface area contributed by atoms with Gasteiger partial charge in [0.15, 0.2) is 5.96 Å². The Kier molecular flexibility index (Phi) is 11.0. The van der Waals surface area contributed by atoms with Gasteiger partial charge in [-0.05, 0) is 77.2 Å². The van der Waals surface area contributed by atoms with Crippen LogP contribution in [0.5, 0.6) is 0 Å². The summed E-state index contributed by atoms with van der Waals surface area (Å²) in [6, 6.07) is 5.39. The van der Waals surface area contributed by atoms with Gasteiger partial charge in [0.05, 0.1) is 18.3 Å². The van der Waals surface area contributed by atoms with Crippen LogP contribution in [-0.2, 0) is 6.54 Å². The number of likely N-dealkylation sites (tertiary alicyclic amines) is 1. The number of piperidine rings is 2. The van der Waals surface area contributed by atoms with Crippen molar-refractivity contribution in [3.8, 4) is 0 Å². The fraction of sp³-hybridized carbons (Fsp3) is 0.708. The van der Waals surface area contributed by atoms with Crippen LogP contribution in [0.3, 0.4) is 0 Å². The molecule has 1 aromatic rings. The van der Waals surface area contributed by atoms with E-state index in [-0.39, 0.29) is 41.4 Å². The molecule has 0 aliphatic carbocycles. The Morgan fingerprint density at radius 2 is 1.81 bits per heavy atom. The summed E-state index contributed by atoms with van der Waals surface area (Å²) in [5.41, 5.74) is 1.53. The first-order chi connectivity index (χ1) is 14.9. The van der Waals surface area contributed by atoms with Gasteiger partial charge in [-0.1, -0.05) is 12.5 Å². The summed E-state index contributed by atoms with van der Waals surface area (Å²) >= 11 is 0. The summed E-state index contributed by atoms with van der Waals surface area (Å²) in [6.45, 7) is 12.3. The molecule has 32 heavy (non-hydrogen) atoms. The number of aliphatic hydroxyl groups excluding tert-OH is 1. The van der Waals surface area contributed by atoms with Crippen LogP contribution in [-0.4, -0.2) is 66.9 Å². The van der Waals surface area contributed by atoms with E-state index >= 15 is 0 Å². The molecule has 6 nitrogen and oxygen atoms in total. The van der Waals surface area contributed by atoms with Gasteiger partial charge in [-0.25, -0.2) is 9.38 Å². The average molecular weight is 562 g/mol. The molecule has 3 N–H and O–H groups in total. The summed E-state index contributed by atoms with van der Waals surface area (Å²) in [5, 5.41) is 16.5. The fourth-order valence-electron chi connectivity index (χ4n) is 4.44.